The molecule has 1 aromatic carbocycles. The summed E-state index contributed by atoms with van der Waals surface area (Å²) >= 11 is 3.30. The molecule has 0 radical (unpaired) electrons. The van der Waals surface area contributed by atoms with Gasteiger partial charge in [0, 0.05) is 16.0 Å². The minimum absolute atomic E-state index is 0.664. The number of hydrogen-bond acceptors (Lipinski definition) is 5. The summed E-state index contributed by atoms with van der Waals surface area (Å²) in [5.41, 5.74) is 1.59. The summed E-state index contributed by atoms with van der Waals surface area (Å²) in [5, 5.41) is 13.6. The number of benzene rings is 1. The van der Waals surface area contributed by atoms with E-state index in [0.29, 0.717) is 12.1 Å². The molecule has 1 heterocycles. The van der Waals surface area contributed by atoms with Gasteiger partial charge in [-0.2, -0.15) is 5.26 Å². The Bertz CT molecular complexity index is 599. The zero-order valence-electron chi connectivity index (χ0n) is 10.9. The van der Waals surface area contributed by atoms with E-state index in [1.807, 2.05) is 30.7 Å². The average molecular weight is 289 g/mol. The number of nitriles is 1. The van der Waals surface area contributed by atoms with Crippen molar-refractivity contribution in [3.63, 3.8) is 0 Å². The highest BCUT2D eigenvalue weighted by molar-refractivity contribution is 7.98. The van der Waals surface area contributed by atoms with E-state index in [1.165, 1.54) is 4.88 Å². The molecular weight excluding hydrogens is 274 g/mol. The third-order valence-electron chi connectivity index (χ3n) is 2.74. The quantitative estimate of drug-likeness (QED) is 0.848. The van der Waals surface area contributed by atoms with Crippen LogP contribution in [0.5, 0.6) is 0 Å². The highest BCUT2D eigenvalue weighted by Gasteiger charge is 2.07. The van der Waals surface area contributed by atoms with Crippen molar-refractivity contribution < 1.29 is 0 Å². The van der Waals surface area contributed by atoms with Crippen LogP contribution in [0.25, 0.3) is 0 Å². The van der Waals surface area contributed by atoms with Crippen LogP contribution in [0.2, 0.25) is 0 Å². The van der Waals surface area contributed by atoms with Gasteiger partial charge in [-0.05, 0) is 24.8 Å². The molecule has 0 spiro atoms. The first-order chi connectivity index (χ1) is 9.28. The monoisotopic (exact) mass is 289 g/mol. The topological polar surface area (TPSA) is 48.7 Å². The Hall–Kier alpha value is -1.51. The SMILES string of the molecule is CCc1cnc(CNc2cccc(SC)c2C#N)s1. The van der Waals surface area contributed by atoms with Crippen LogP contribution in [-0.2, 0) is 13.0 Å². The molecule has 2 aromatic rings. The molecule has 0 aliphatic heterocycles. The van der Waals surface area contributed by atoms with E-state index in [0.717, 1.165) is 22.0 Å². The summed E-state index contributed by atoms with van der Waals surface area (Å²) in [4.78, 5) is 6.66. The maximum absolute atomic E-state index is 9.25. The smallest absolute Gasteiger partial charge is 0.112 e. The van der Waals surface area contributed by atoms with Crippen molar-refractivity contribution in [3.8, 4) is 6.07 Å². The van der Waals surface area contributed by atoms with Crippen molar-refractivity contribution >= 4 is 28.8 Å². The van der Waals surface area contributed by atoms with Crippen LogP contribution in [0.15, 0.2) is 29.3 Å². The molecule has 0 unspecified atom stereocenters. The molecule has 0 atom stereocenters. The number of hydrogen-bond donors (Lipinski definition) is 1. The summed E-state index contributed by atoms with van der Waals surface area (Å²) < 4.78 is 0. The van der Waals surface area contributed by atoms with Crippen LogP contribution in [0.3, 0.4) is 0 Å². The van der Waals surface area contributed by atoms with Crippen LogP contribution in [0, 0.1) is 11.3 Å². The molecule has 19 heavy (non-hydrogen) atoms. The lowest BCUT2D eigenvalue weighted by Gasteiger charge is -2.09. The summed E-state index contributed by atoms with van der Waals surface area (Å²) in [6, 6.07) is 8.14. The first kappa shape index (κ1) is 13.9. The summed E-state index contributed by atoms with van der Waals surface area (Å²) in [5.74, 6) is 0. The third kappa shape index (κ3) is 3.28. The van der Waals surface area contributed by atoms with Gasteiger partial charge in [-0.25, -0.2) is 4.98 Å². The highest BCUT2D eigenvalue weighted by atomic mass is 32.2. The second kappa shape index (κ2) is 6.60. The van der Waals surface area contributed by atoms with Crippen molar-refractivity contribution in [1.82, 2.24) is 4.98 Å². The van der Waals surface area contributed by atoms with E-state index in [-0.39, 0.29) is 0 Å². The van der Waals surface area contributed by atoms with Gasteiger partial charge in [0.15, 0.2) is 0 Å². The predicted molar refractivity (Wildman–Crippen MR) is 81.8 cm³/mol. The fourth-order valence-electron chi connectivity index (χ4n) is 1.73. The molecule has 0 saturated carbocycles. The first-order valence-electron chi connectivity index (χ1n) is 6.03. The second-order valence-corrected chi connectivity index (χ2v) is 5.97. The van der Waals surface area contributed by atoms with Gasteiger partial charge in [0.25, 0.3) is 0 Å². The van der Waals surface area contributed by atoms with E-state index in [1.54, 1.807) is 23.1 Å². The number of nitrogens with zero attached hydrogens (tertiary/aromatic N) is 2. The highest BCUT2D eigenvalue weighted by Crippen LogP contribution is 2.26. The van der Waals surface area contributed by atoms with E-state index in [2.05, 4.69) is 23.3 Å². The summed E-state index contributed by atoms with van der Waals surface area (Å²) in [6.45, 7) is 2.79. The van der Waals surface area contributed by atoms with Gasteiger partial charge in [0.05, 0.1) is 17.8 Å². The molecule has 0 aliphatic rings. The fourth-order valence-corrected chi connectivity index (χ4v) is 3.10. The summed E-state index contributed by atoms with van der Waals surface area (Å²) in [7, 11) is 0. The van der Waals surface area contributed by atoms with E-state index < -0.39 is 0 Å². The molecule has 0 aliphatic carbocycles. The van der Waals surface area contributed by atoms with Crippen molar-refractivity contribution in [3.05, 3.63) is 39.8 Å². The second-order valence-electron chi connectivity index (χ2n) is 3.92. The van der Waals surface area contributed by atoms with Crippen LogP contribution < -0.4 is 5.32 Å². The average Bonchev–Trinajstić information content (AvgIpc) is 2.92. The van der Waals surface area contributed by atoms with E-state index in [9.17, 15) is 5.26 Å². The molecule has 5 heteroatoms. The van der Waals surface area contributed by atoms with Gasteiger partial charge in [-0.15, -0.1) is 23.1 Å². The van der Waals surface area contributed by atoms with Gasteiger partial charge in [-0.3, -0.25) is 0 Å². The van der Waals surface area contributed by atoms with Gasteiger partial charge in [0.2, 0.25) is 0 Å². The molecule has 0 amide bonds. The number of thioether (sulfide) groups is 1. The molecule has 2 rings (SSSR count). The zero-order chi connectivity index (χ0) is 13.7. The van der Waals surface area contributed by atoms with Gasteiger partial charge < -0.3 is 5.32 Å². The Morgan fingerprint density at radius 2 is 2.32 bits per heavy atom. The van der Waals surface area contributed by atoms with Gasteiger partial charge in [-0.1, -0.05) is 13.0 Å². The maximum atomic E-state index is 9.25. The van der Waals surface area contributed by atoms with Crippen molar-refractivity contribution in [2.75, 3.05) is 11.6 Å². The number of aryl methyl sites for hydroxylation is 1. The number of rotatable bonds is 5. The Morgan fingerprint density at radius 1 is 1.47 bits per heavy atom. The lowest BCUT2D eigenvalue weighted by molar-refractivity contribution is 1.09. The fraction of sp³-hybridized carbons (Fsp3) is 0.286. The third-order valence-corrected chi connectivity index (χ3v) is 4.66. The number of aromatic nitrogens is 1. The van der Waals surface area contributed by atoms with Crippen LogP contribution in [0.4, 0.5) is 5.69 Å². The van der Waals surface area contributed by atoms with Crippen LogP contribution in [0.1, 0.15) is 22.4 Å². The first-order valence-corrected chi connectivity index (χ1v) is 8.07. The van der Waals surface area contributed by atoms with Crippen molar-refractivity contribution in [1.29, 1.82) is 5.26 Å². The summed E-state index contributed by atoms with van der Waals surface area (Å²) in [6.07, 6.45) is 4.92. The number of anilines is 1. The lowest BCUT2D eigenvalue weighted by Crippen LogP contribution is -2.01. The van der Waals surface area contributed by atoms with Crippen LogP contribution in [-0.4, -0.2) is 11.2 Å². The van der Waals surface area contributed by atoms with Gasteiger partial charge >= 0.3 is 0 Å². The largest absolute Gasteiger partial charge is 0.377 e. The molecule has 0 bridgehead atoms. The lowest BCUT2D eigenvalue weighted by atomic mass is 10.2. The number of nitrogens with one attached hydrogen (secondary N) is 1. The minimum atomic E-state index is 0.664. The Kier molecular flexibility index (Phi) is 4.83. The molecule has 0 fully saturated rings. The number of thiazole rings is 1. The predicted octanol–water partition coefficient (Wildman–Crippen LogP) is 3.91. The molecule has 1 aromatic heterocycles. The Balaban J connectivity index is 2.13. The standard InChI is InChI=1S/C14H15N3S2/c1-3-10-8-17-14(19-10)9-16-12-5-4-6-13(18-2)11(12)7-15/h4-6,8,16H,3,9H2,1-2H3. The van der Waals surface area contributed by atoms with Crippen LogP contribution >= 0.6 is 23.1 Å². The van der Waals surface area contributed by atoms with E-state index >= 15 is 0 Å². The normalized spacial score (nSPS) is 10.2. The Labute approximate surface area is 121 Å². The van der Waals surface area contributed by atoms with Gasteiger partial charge in [0.1, 0.15) is 11.1 Å². The molecule has 0 saturated heterocycles. The molecule has 98 valence electrons. The van der Waals surface area contributed by atoms with E-state index in [4.69, 9.17) is 0 Å². The minimum Gasteiger partial charge on any atom is -0.377 e. The van der Waals surface area contributed by atoms with Crippen molar-refractivity contribution in [2.45, 2.75) is 24.8 Å². The Morgan fingerprint density at radius 3 is 2.95 bits per heavy atom. The maximum Gasteiger partial charge on any atom is 0.112 e. The molecular formula is C14H15N3S2. The zero-order valence-corrected chi connectivity index (χ0v) is 12.6. The van der Waals surface area contributed by atoms with Crippen molar-refractivity contribution in [2.24, 2.45) is 0 Å². The molecule has 3 nitrogen and oxygen atoms in total. The molecule has 1 N–H and O–H groups in total.